The Balaban J connectivity index is 1.84. The van der Waals surface area contributed by atoms with Crippen LogP contribution in [0.3, 0.4) is 0 Å². The van der Waals surface area contributed by atoms with E-state index in [1.807, 2.05) is 20.2 Å². The molecular weight excluding hydrogens is 298 g/mol. The first-order chi connectivity index (χ1) is 11.0. The fraction of sp³-hybridized carbons (Fsp3) is 0.500. The molecule has 2 amide bonds. The van der Waals surface area contributed by atoms with Crippen LogP contribution in [-0.2, 0) is 9.53 Å². The van der Waals surface area contributed by atoms with Crippen LogP contribution in [0.1, 0.15) is 17.9 Å². The molecule has 2 N–H and O–H groups in total. The number of alkyl carbamates (subject to hydrolysis) is 1. The van der Waals surface area contributed by atoms with E-state index in [0.717, 1.165) is 24.2 Å². The minimum absolute atomic E-state index is 0.0463. The van der Waals surface area contributed by atoms with Gasteiger partial charge in [-0.1, -0.05) is 6.07 Å². The zero-order valence-corrected chi connectivity index (χ0v) is 13.3. The third kappa shape index (κ3) is 2.96. The highest BCUT2D eigenvalue weighted by molar-refractivity contribution is 6.01. The highest BCUT2D eigenvalue weighted by Gasteiger charge is 2.39. The number of fused-ring (bicyclic) bond motifs is 1. The highest BCUT2D eigenvalue weighted by Crippen LogP contribution is 2.43. The molecule has 1 unspecified atom stereocenters. The Bertz CT molecular complexity index is 632. The number of carbonyl (C=O) groups excluding carboxylic acids is 2. The smallest absolute Gasteiger partial charge is 0.407 e. The normalized spacial score (nSPS) is 22.9. The fourth-order valence-corrected chi connectivity index (χ4v) is 3.17. The van der Waals surface area contributed by atoms with Crippen molar-refractivity contribution in [2.24, 2.45) is 0 Å². The predicted molar refractivity (Wildman–Crippen MR) is 84.6 cm³/mol. The predicted octanol–water partition coefficient (Wildman–Crippen LogP) is 0.882. The number of hydrogen-bond donors (Lipinski definition) is 2. The summed E-state index contributed by atoms with van der Waals surface area (Å²) < 4.78 is 4.81. The summed E-state index contributed by atoms with van der Waals surface area (Å²) in [4.78, 5) is 27.6. The molecule has 0 saturated carbocycles. The van der Waals surface area contributed by atoms with Gasteiger partial charge in [0.1, 0.15) is 18.4 Å². The van der Waals surface area contributed by atoms with Crippen molar-refractivity contribution in [3.63, 3.8) is 0 Å². The molecule has 0 aliphatic carbocycles. The molecule has 2 aliphatic rings. The molecule has 3 rings (SSSR count). The van der Waals surface area contributed by atoms with Gasteiger partial charge in [-0.25, -0.2) is 4.79 Å². The zero-order chi connectivity index (χ0) is 16.6. The maximum absolute atomic E-state index is 12.7. The third-order valence-electron chi connectivity index (χ3n) is 4.32. The number of phenolic OH excluding ortho intramolecular Hbond substituents is 1. The Morgan fingerprint density at radius 1 is 1.48 bits per heavy atom. The average Bonchev–Trinajstić information content (AvgIpc) is 3.09. The number of cyclic esters (lactones) is 1. The Morgan fingerprint density at radius 3 is 2.91 bits per heavy atom. The van der Waals surface area contributed by atoms with Crippen LogP contribution in [0.4, 0.5) is 10.5 Å². The Labute approximate surface area is 134 Å². The van der Waals surface area contributed by atoms with Crippen molar-refractivity contribution in [2.75, 3.05) is 38.7 Å². The molecular formula is C16H21N3O4. The molecule has 23 heavy (non-hydrogen) atoms. The molecule has 7 nitrogen and oxygen atoms in total. The third-order valence-corrected chi connectivity index (χ3v) is 4.32. The van der Waals surface area contributed by atoms with Gasteiger partial charge in [0.15, 0.2) is 0 Å². The Hall–Kier alpha value is -2.28. The van der Waals surface area contributed by atoms with Crippen LogP contribution in [0.2, 0.25) is 0 Å². The van der Waals surface area contributed by atoms with Gasteiger partial charge in [0, 0.05) is 18.0 Å². The number of aromatic hydroxyl groups is 1. The maximum atomic E-state index is 12.7. The van der Waals surface area contributed by atoms with E-state index in [2.05, 4.69) is 10.2 Å². The van der Waals surface area contributed by atoms with E-state index in [0.29, 0.717) is 6.54 Å². The SMILES string of the molecule is CN(C)CCC1CN(C(=O)[C@H]2COC(=O)N2)c2cccc(O)c21. The molecule has 0 aromatic heterocycles. The lowest BCUT2D eigenvalue weighted by Gasteiger charge is -2.21. The number of phenols is 1. The van der Waals surface area contributed by atoms with Crippen molar-refractivity contribution in [1.29, 1.82) is 0 Å². The summed E-state index contributed by atoms with van der Waals surface area (Å²) in [6.45, 7) is 1.42. The van der Waals surface area contributed by atoms with Crippen molar-refractivity contribution in [3.8, 4) is 5.75 Å². The van der Waals surface area contributed by atoms with Gasteiger partial charge in [-0.05, 0) is 39.2 Å². The lowest BCUT2D eigenvalue weighted by Crippen LogP contribution is -2.45. The van der Waals surface area contributed by atoms with Crippen molar-refractivity contribution in [3.05, 3.63) is 23.8 Å². The van der Waals surface area contributed by atoms with Crippen LogP contribution >= 0.6 is 0 Å². The van der Waals surface area contributed by atoms with Gasteiger partial charge in [-0.3, -0.25) is 4.79 Å². The molecule has 7 heteroatoms. The second-order valence-electron chi connectivity index (χ2n) is 6.24. The quantitative estimate of drug-likeness (QED) is 0.861. The lowest BCUT2D eigenvalue weighted by molar-refractivity contribution is -0.120. The van der Waals surface area contributed by atoms with Crippen LogP contribution in [0.15, 0.2) is 18.2 Å². The molecule has 1 aromatic carbocycles. The Kier molecular flexibility index (Phi) is 4.12. The fourth-order valence-electron chi connectivity index (χ4n) is 3.17. The van der Waals surface area contributed by atoms with E-state index in [1.54, 1.807) is 17.0 Å². The summed E-state index contributed by atoms with van der Waals surface area (Å²) in [5, 5.41) is 12.7. The van der Waals surface area contributed by atoms with Crippen LogP contribution in [-0.4, -0.2) is 61.8 Å². The van der Waals surface area contributed by atoms with Gasteiger partial charge in [-0.2, -0.15) is 0 Å². The van der Waals surface area contributed by atoms with Crippen LogP contribution in [0, 0.1) is 0 Å². The highest BCUT2D eigenvalue weighted by atomic mass is 16.6. The Morgan fingerprint density at radius 2 is 2.26 bits per heavy atom. The summed E-state index contributed by atoms with van der Waals surface area (Å²) in [6, 6.07) is 4.55. The molecule has 2 aliphatic heterocycles. The number of carbonyl (C=O) groups is 2. The summed E-state index contributed by atoms with van der Waals surface area (Å²) in [6.07, 6.45) is 0.275. The van der Waals surface area contributed by atoms with Crippen LogP contribution < -0.4 is 10.2 Å². The molecule has 0 spiro atoms. The van der Waals surface area contributed by atoms with E-state index >= 15 is 0 Å². The van der Waals surface area contributed by atoms with Crippen molar-refractivity contribution in [1.82, 2.24) is 10.2 Å². The van der Waals surface area contributed by atoms with Gasteiger partial charge in [0.05, 0.1) is 5.69 Å². The monoisotopic (exact) mass is 319 g/mol. The zero-order valence-electron chi connectivity index (χ0n) is 13.3. The summed E-state index contributed by atoms with van der Waals surface area (Å²) in [7, 11) is 3.99. The van der Waals surface area contributed by atoms with E-state index in [4.69, 9.17) is 4.74 Å². The van der Waals surface area contributed by atoms with E-state index in [1.165, 1.54) is 0 Å². The first-order valence-electron chi connectivity index (χ1n) is 7.68. The van der Waals surface area contributed by atoms with E-state index < -0.39 is 12.1 Å². The summed E-state index contributed by atoms with van der Waals surface area (Å²) in [5.74, 6) is 0.0962. The van der Waals surface area contributed by atoms with E-state index in [9.17, 15) is 14.7 Å². The molecule has 0 radical (unpaired) electrons. The lowest BCUT2D eigenvalue weighted by atomic mass is 9.97. The topological polar surface area (TPSA) is 82.1 Å². The van der Waals surface area contributed by atoms with Gasteiger partial charge in [0.2, 0.25) is 0 Å². The van der Waals surface area contributed by atoms with Crippen LogP contribution in [0.5, 0.6) is 5.75 Å². The second-order valence-corrected chi connectivity index (χ2v) is 6.24. The average molecular weight is 319 g/mol. The van der Waals surface area contributed by atoms with Gasteiger partial charge in [-0.15, -0.1) is 0 Å². The standard InChI is InChI=1S/C16H21N3O4/c1-18(2)7-6-10-8-19(12-4-3-5-13(20)14(10)12)15(21)11-9-23-16(22)17-11/h3-5,10-11,20H,6-9H2,1-2H3,(H,17,22)/t10?,11-/m1/s1. The maximum Gasteiger partial charge on any atom is 0.407 e. The number of rotatable bonds is 4. The van der Waals surface area contributed by atoms with Crippen molar-refractivity contribution in [2.45, 2.75) is 18.4 Å². The number of nitrogens with zero attached hydrogens (tertiary/aromatic N) is 2. The molecule has 2 heterocycles. The van der Waals surface area contributed by atoms with Gasteiger partial charge < -0.3 is 25.0 Å². The molecule has 1 aromatic rings. The minimum Gasteiger partial charge on any atom is -0.508 e. The van der Waals surface area contributed by atoms with Crippen molar-refractivity contribution < 1.29 is 19.4 Å². The second kappa shape index (κ2) is 6.08. The van der Waals surface area contributed by atoms with Gasteiger partial charge in [0.25, 0.3) is 5.91 Å². The first kappa shape index (κ1) is 15.6. The molecule has 124 valence electrons. The number of amides is 2. The number of anilines is 1. The van der Waals surface area contributed by atoms with E-state index in [-0.39, 0.29) is 24.2 Å². The van der Waals surface area contributed by atoms with Crippen LogP contribution in [0.25, 0.3) is 0 Å². The number of hydrogen-bond acceptors (Lipinski definition) is 5. The number of nitrogens with one attached hydrogen (secondary N) is 1. The number of ether oxygens (including phenoxy) is 1. The van der Waals surface area contributed by atoms with Gasteiger partial charge >= 0.3 is 6.09 Å². The van der Waals surface area contributed by atoms with Crippen molar-refractivity contribution >= 4 is 17.7 Å². The minimum atomic E-state index is -0.662. The summed E-state index contributed by atoms with van der Waals surface area (Å²) >= 11 is 0. The summed E-state index contributed by atoms with van der Waals surface area (Å²) in [5.41, 5.74) is 1.54. The molecule has 1 fully saturated rings. The molecule has 1 saturated heterocycles. The largest absolute Gasteiger partial charge is 0.508 e. The molecule has 0 bridgehead atoms. The number of benzene rings is 1. The first-order valence-corrected chi connectivity index (χ1v) is 7.68. The molecule has 2 atom stereocenters.